The molecule has 1 aromatic carbocycles. The van der Waals surface area contributed by atoms with Crippen molar-refractivity contribution < 1.29 is 14.3 Å². The fourth-order valence-electron chi connectivity index (χ4n) is 2.16. The Morgan fingerprint density at radius 3 is 2.65 bits per heavy atom. The highest BCUT2D eigenvalue weighted by Gasteiger charge is 2.17. The smallest absolute Gasteiger partial charge is 0.261 e. The van der Waals surface area contributed by atoms with Gasteiger partial charge < -0.3 is 14.8 Å². The number of carbonyl (C=O) groups is 1. The molecule has 124 valence electrons. The SMILES string of the molecule is COc1cc(C)ccc1OC(C)C(=O)NCc1sc(C)nc1C. The number of rotatable bonds is 6. The average molecular weight is 334 g/mol. The summed E-state index contributed by atoms with van der Waals surface area (Å²) in [7, 11) is 1.58. The Kier molecular flexibility index (Phi) is 5.60. The fraction of sp³-hybridized carbons (Fsp3) is 0.412. The Bertz CT molecular complexity index is 697. The first-order chi connectivity index (χ1) is 10.9. The summed E-state index contributed by atoms with van der Waals surface area (Å²) >= 11 is 1.59. The molecule has 2 rings (SSSR count). The van der Waals surface area contributed by atoms with Crippen LogP contribution in [0, 0.1) is 20.8 Å². The Labute approximate surface area is 140 Å². The van der Waals surface area contributed by atoms with Crippen LogP contribution in [-0.4, -0.2) is 24.1 Å². The van der Waals surface area contributed by atoms with Gasteiger partial charge in [-0.15, -0.1) is 11.3 Å². The van der Waals surface area contributed by atoms with Crippen molar-refractivity contribution in [3.8, 4) is 11.5 Å². The van der Waals surface area contributed by atoms with Crippen LogP contribution in [0.4, 0.5) is 0 Å². The molecule has 0 bridgehead atoms. The minimum atomic E-state index is -0.610. The van der Waals surface area contributed by atoms with Gasteiger partial charge >= 0.3 is 0 Å². The molecule has 1 aromatic heterocycles. The molecule has 0 saturated heterocycles. The number of nitrogens with zero attached hydrogens (tertiary/aromatic N) is 1. The lowest BCUT2D eigenvalue weighted by Gasteiger charge is -2.17. The lowest BCUT2D eigenvalue weighted by Crippen LogP contribution is -2.35. The van der Waals surface area contributed by atoms with E-state index in [1.807, 2.05) is 39.0 Å². The maximum Gasteiger partial charge on any atom is 0.261 e. The van der Waals surface area contributed by atoms with Gasteiger partial charge in [0.25, 0.3) is 5.91 Å². The number of methoxy groups -OCH3 is 1. The Morgan fingerprint density at radius 1 is 1.30 bits per heavy atom. The zero-order valence-electron chi connectivity index (χ0n) is 14.1. The average Bonchev–Trinajstić information content (AvgIpc) is 2.84. The quantitative estimate of drug-likeness (QED) is 0.881. The third kappa shape index (κ3) is 4.45. The lowest BCUT2D eigenvalue weighted by molar-refractivity contribution is -0.127. The Balaban J connectivity index is 1.96. The van der Waals surface area contributed by atoms with Crippen molar-refractivity contribution in [3.05, 3.63) is 39.3 Å². The molecule has 1 unspecified atom stereocenters. The number of amides is 1. The van der Waals surface area contributed by atoms with Crippen molar-refractivity contribution in [2.45, 2.75) is 40.3 Å². The van der Waals surface area contributed by atoms with Crippen LogP contribution in [-0.2, 0) is 11.3 Å². The molecule has 0 fully saturated rings. The molecular weight excluding hydrogens is 312 g/mol. The van der Waals surface area contributed by atoms with Gasteiger partial charge in [-0.05, 0) is 45.4 Å². The molecule has 2 aromatic rings. The monoisotopic (exact) mass is 334 g/mol. The normalized spacial score (nSPS) is 11.9. The molecule has 23 heavy (non-hydrogen) atoms. The highest BCUT2D eigenvalue weighted by Crippen LogP contribution is 2.28. The topological polar surface area (TPSA) is 60.5 Å². The molecule has 0 saturated carbocycles. The van der Waals surface area contributed by atoms with Gasteiger partial charge in [-0.3, -0.25) is 4.79 Å². The van der Waals surface area contributed by atoms with Gasteiger partial charge in [0.15, 0.2) is 17.6 Å². The summed E-state index contributed by atoms with van der Waals surface area (Å²) in [6.07, 6.45) is -0.610. The zero-order valence-corrected chi connectivity index (χ0v) is 14.9. The number of carbonyl (C=O) groups excluding carboxylic acids is 1. The van der Waals surface area contributed by atoms with Crippen molar-refractivity contribution in [2.24, 2.45) is 0 Å². The van der Waals surface area contributed by atoms with Crippen molar-refractivity contribution in [3.63, 3.8) is 0 Å². The summed E-state index contributed by atoms with van der Waals surface area (Å²) in [4.78, 5) is 17.6. The minimum Gasteiger partial charge on any atom is -0.493 e. The molecule has 5 nitrogen and oxygen atoms in total. The van der Waals surface area contributed by atoms with Crippen molar-refractivity contribution in [1.82, 2.24) is 10.3 Å². The molecule has 6 heteroatoms. The second-order valence-electron chi connectivity index (χ2n) is 5.37. The highest BCUT2D eigenvalue weighted by atomic mass is 32.1. The van der Waals surface area contributed by atoms with E-state index in [1.165, 1.54) is 0 Å². The number of benzene rings is 1. The summed E-state index contributed by atoms with van der Waals surface area (Å²) in [5, 5.41) is 3.89. The first-order valence-corrected chi connectivity index (χ1v) is 8.24. The number of aromatic nitrogens is 1. The van der Waals surface area contributed by atoms with Gasteiger partial charge in [-0.2, -0.15) is 0 Å². The number of ether oxygens (including phenoxy) is 2. The molecule has 0 radical (unpaired) electrons. The maximum absolute atomic E-state index is 12.2. The van der Waals surface area contributed by atoms with Gasteiger partial charge in [0.05, 0.1) is 24.4 Å². The van der Waals surface area contributed by atoms with Gasteiger partial charge in [0, 0.05) is 4.88 Å². The number of nitrogens with one attached hydrogen (secondary N) is 1. The third-order valence-corrected chi connectivity index (χ3v) is 4.49. The fourth-order valence-corrected chi connectivity index (χ4v) is 3.04. The van der Waals surface area contributed by atoms with Crippen molar-refractivity contribution >= 4 is 17.2 Å². The number of hydrogen-bond acceptors (Lipinski definition) is 5. The molecular formula is C17H22N2O3S. The van der Waals surface area contributed by atoms with E-state index in [2.05, 4.69) is 10.3 Å². The Morgan fingerprint density at radius 2 is 2.04 bits per heavy atom. The molecule has 1 heterocycles. The number of aryl methyl sites for hydroxylation is 3. The maximum atomic E-state index is 12.2. The first kappa shape index (κ1) is 17.3. The summed E-state index contributed by atoms with van der Waals surface area (Å²) in [5.41, 5.74) is 2.03. The van der Waals surface area contributed by atoms with E-state index in [0.717, 1.165) is 21.1 Å². The number of hydrogen-bond donors (Lipinski definition) is 1. The first-order valence-electron chi connectivity index (χ1n) is 7.42. The molecule has 1 amide bonds. The lowest BCUT2D eigenvalue weighted by atomic mass is 10.2. The summed E-state index contributed by atoms with van der Waals surface area (Å²) in [6, 6.07) is 5.62. The van der Waals surface area contributed by atoms with Gasteiger partial charge in [0.1, 0.15) is 0 Å². The van der Waals surface area contributed by atoms with Crippen LogP contribution in [0.2, 0.25) is 0 Å². The zero-order chi connectivity index (χ0) is 17.0. The molecule has 0 spiro atoms. The van der Waals surface area contributed by atoms with Gasteiger partial charge in [0.2, 0.25) is 0 Å². The largest absolute Gasteiger partial charge is 0.493 e. The molecule has 0 aliphatic rings. The van der Waals surface area contributed by atoms with E-state index < -0.39 is 6.10 Å². The van der Waals surface area contributed by atoms with Crippen molar-refractivity contribution in [1.29, 1.82) is 0 Å². The van der Waals surface area contributed by atoms with Crippen LogP contribution in [0.15, 0.2) is 18.2 Å². The summed E-state index contributed by atoms with van der Waals surface area (Å²) < 4.78 is 11.0. The molecule has 0 aliphatic heterocycles. The second kappa shape index (κ2) is 7.46. The van der Waals surface area contributed by atoms with E-state index >= 15 is 0 Å². The van der Waals surface area contributed by atoms with E-state index in [4.69, 9.17) is 9.47 Å². The minimum absolute atomic E-state index is 0.168. The van der Waals surface area contributed by atoms with Crippen LogP contribution in [0.25, 0.3) is 0 Å². The van der Waals surface area contributed by atoms with Crippen LogP contribution in [0.3, 0.4) is 0 Å². The van der Waals surface area contributed by atoms with Crippen LogP contribution in [0.1, 0.15) is 28.1 Å². The molecule has 1 atom stereocenters. The van der Waals surface area contributed by atoms with Gasteiger partial charge in [-0.1, -0.05) is 6.07 Å². The van der Waals surface area contributed by atoms with Crippen molar-refractivity contribution in [2.75, 3.05) is 7.11 Å². The number of thiazole rings is 1. The summed E-state index contributed by atoms with van der Waals surface area (Å²) in [5.74, 6) is 1.02. The predicted molar refractivity (Wildman–Crippen MR) is 91.3 cm³/mol. The molecule has 0 aliphatic carbocycles. The highest BCUT2D eigenvalue weighted by molar-refractivity contribution is 7.11. The Hall–Kier alpha value is -2.08. The summed E-state index contributed by atoms with van der Waals surface area (Å²) in [6.45, 7) is 8.07. The standard InChI is InChI=1S/C17H22N2O3S/c1-10-6-7-14(15(8-10)21-5)22-12(3)17(20)18-9-16-11(2)19-13(4)23-16/h6-8,12H,9H2,1-5H3,(H,18,20). The van der Waals surface area contributed by atoms with Crippen LogP contribution < -0.4 is 14.8 Å². The van der Waals surface area contributed by atoms with E-state index in [1.54, 1.807) is 25.4 Å². The third-order valence-electron chi connectivity index (χ3n) is 3.41. The predicted octanol–water partition coefficient (Wildman–Crippen LogP) is 3.16. The molecule has 1 N–H and O–H groups in total. The van der Waals surface area contributed by atoms with Crippen LogP contribution >= 0.6 is 11.3 Å². The second-order valence-corrected chi connectivity index (χ2v) is 6.66. The van der Waals surface area contributed by atoms with Crippen LogP contribution in [0.5, 0.6) is 11.5 Å². The van der Waals surface area contributed by atoms with E-state index in [-0.39, 0.29) is 5.91 Å². The van der Waals surface area contributed by atoms with E-state index in [9.17, 15) is 4.79 Å². The van der Waals surface area contributed by atoms with Gasteiger partial charge in [-0.25, -0.2) is 4.98 Å². The van der Waals surface area contributed by atoms with E-state index in [0.29, 0.717) is 18.0 Å².